The van der Waals surface area contributed by atoms with Gasteiger partial charge in [-0.05, 0) is 64.0 Å². The van der Waals surface area contributed by atoms with Crippen LogP contribution in [0.3, 0.4) is 0 Å². The molecule has 0 aliphatic carbocycles. The molecule has 1 N–H and O–H groups in total. The van der Waals surface area contributed by atoms with E-state index in [2.05, 4.69) is 38.5 Å². The summed E-state index contributed by atoms with van der Waals surface area (Å²) >= 11 is 11.4. The van der Waals surface area contributed by atoms with E-state index in [0.29, 0.717) is 16.1 Å². The fourth-order valence-corrected chi connectivity index (χ4v) is 2.68. The third kappa shape index (κ3) is 3.90. The van der Waals surface area contributed by atoms with E-state index in [1.807, 2.05) is 6.07 Å². The Morgan fingerprint density at radius 2 is 2.00 bits per heavy atom. The summed E-state index contributed by atoms with van der Waals surface area (Å²) < 4.78 is 15.3. The van der Waals surface area contributed by atoms with Crippen molar-refractivity contribution in [2.45, 2.75) is 12.5 Å². The quantitative estimate of drug-likeness (QED) is 0.637. The van der Waals surface area contributed by atoms with Crippen molar-refractivity contribution in [2.24, 2.45) is 0 Å². The van der Waals surface area contributed by atoms with Gasteiger partial charge in [0.15, 0.2) is 0 Å². The molecule has 0 spiro atoms. The number of hydrogen-bond acceptors (Lipinski definition) is 1. The molecule has 19 heavy (non-hydrogen) atoms. The summed E-state index contributed by atoms with van der Waals surface area (Å²) in [5, 5.41) is 10.8. The highest BCUT2D eigenvalue weighted by atomic mass is 127. The first-order chi connectivity index (χ1) is 8.97. The second-order valence-corrected chi connectivity index (χ2v) is 6.61. The van der Waals surface area contributed by atoms with Gasteiger partial charge in [0.05, 0.1) is 11.1 Å². The van der Waals surface area contributed by atoms with Crippen LogP contribution in [0, 0.1) is 9.39 Å². The van der Waals surface area contributed by atoms with E-state index >= 15 is 0 Å². The van der Waals surface area contributed by atoms with Gasteiger partial charge in [-0.25, -0.2) is 4.39 Å². The monoisotopic (exact) mass is 454 g/mol. The molecule has 2 rings (SSSR count). The SMILES string of the molecule is OC(Cc1cc(Br)ccc1F)c1ccc(I)c(Cl)c1. The molecule has 1 atom stereocenters. The van der Waals surface area contributed by atoms with Gasteiger partial charge in [0, 0.05) is 14.5 Å². The van der Waals surface area contributed by atoms with Crippen LogP contribution in [0.5, 0.6) is 0 Å². The zero-order valence-corrected chi connectivity index (χ0v) is 14.2. The van der Waals surface area contributed by atoms with Crippen LogP contribution in [0.1, 0.15) is 17.2 Å². The predicted molar refractivity (Wildman–Crippen MR) is 86.9 cm³/mol. The molecule has 1 nitrogen and oxygen atoms in total. The predicted octanol–water partition coefficient (Wildman–Crippen LogP) is 5.12. The van der Waals surface area contributed by atoms with E-state index in [0.717, 1.165) is 8.04 Å². The summed E-state index contributed by atoms with van der Waals surface area (Å²) in [6, 6.07) is 10.0. The normalized spacial score (nSPS) is 12.5. The molecule has 2 aromatic rings. The van der Waals surface area contributed by atoms with Gasteiger partial charge in [0.1, 0.15) is 5.82 Å². The first-order valence-electron chi connectivity index (χ1n) is 5.54. The standard InChI is InChI=1S/C14H10BrClFIO/c15-10-2-3-12(17)9(5-10)7-14(19)8-1-4-13(18)11(16)6-8/h1-6,14,19H,7H2. The van der Waals surface area contributed by atoms with E-state index in [-0.39, 0.29) is 12.2 Å². The molecule has 0 aliphatic rings. The Kier molecular flexibility index (Phi) is 5.22. The van der Waals surface area contributed by atoms with E-state index in [9.17, 15) is 9.50 Å². The van der Waals surface area contributed by atoms with Gasteiger partial charge in [0.25, 0.3) is 0 Å². The van der Waals surface area contributed by atoms with Gasteiger partial charge in [-0.3, -0.25) is 0 Å². The molecular weight excluding hydrogens is 445 g/mol. The summed E-state index contributed by atoms with van der Waals surface area (Å²) in [6.45, 7) is 0. The van der Waals surface area contributed by atoms with Gasteiger partial charge in [-0.15, -0.1) is 0 Å². The van der Waals surface area contributed by atoms with Crippen LogP contribution < -0.4 is 0 Å². The van der Waals surface area contributed by atoms with Crippen molar-refractivity contribution >= 4 is 50.1 Å². The fourth-order valence-electron chi connectivity index (χ4n) is 1.75. The van der Waals surface area contributed by atoms with Crippen molar-refractivity contribution < 1.29 is 9.50 Å². The molecule has 2 aromatic carbocycles. The van der Waals surface area contributed by atoms with Gasteiger partial charge in [0.2, 0.25) is 0 Å². The van der Waals surface area contributed by atoms with Crippen molar-refractivity contribution in [1.29, 1.82) is 0 Å². The molecule has 0 bridgehead atoms. The highest BCUT2D eigenvalue weighted by Gasteiger charge is 2.13. The minimum atomic E-state index is -0.779. The van der Waals surface area contributed by atoms with Gasteiger partial charge in [-0.2, -0.15) is 0 Å². The molecule has 0 radical (unpaired) electrons. The summed E-state index contributed by atoms with van der Waals surface area (Å²) in [7, 11) is 0. The Bertz CT molecular complexity index is 606. The lowest BCUT2D eigenvalue weighted by molar-refractivity contribution is 0.177. The van der Waals surface area contributed by atoms with Gasteiger partial charge >= 0.3 is 0 Å². The molecule has 0 fully saturated rings. The minimum absolute atomic E-state index is 0.211. The van der Waals surface area contributed by atoms with Crippen LogP contribution in [0.4, 0.5) is 4.39 Å². The zero-order chi connectivity index (χ0) is 14.0. The molecule has 0 saturated carbocycles. The van der Waals surface area contributed by atoms with Crippen LogP contribution in [0.15, 0.2) is 40.9 Å². The molecule has 0 aromatic heterocycles. The Morgan fingerprint density at radius 3 is 2.68 bits per heavy atom. The molecule has 5 heteroatoms. The molecule has 0 heterocycles. The number of hydrogen-bond donors (Lipinski definition) is 1. The maximum atomic E-state index is 13.6. The average Bonchev–Trinajstić information content (AvgIpc) is 2.37. The van der Waals surface area contributed by atoms with Crippen molar-refractivity contribution in [3.8, 4) is 0 Å². The molecule has 100 valence electrons. The first-order valence-corrected chi connectivity index (χ1v) is 7.79. The Balaban J connectivity index is 2.22. The first kappa shape index (κ1) is 15.2. The summed E-state index contributed by atoms with van der Waals surface area (Å²) in [6.07, 6.45) is -0.569. The topological polar surface area (TPSA) is 20.2 Å². The highest BCUT2D eigenvalue weighted by molar-refractivity contribution is 14.1. The highest BCUT2D eigenvalue weighted by Crippen LogP contribution is 2.26. The van der Waals surface area contributed by atoms with Crippen LogP contribution in [-0.2, 0) is 6.42 Å². The zero-order valence-electron chi connectivity index (χ0n) is 9.71. The summed E-state index contributed by atoms with van der Waals surface area (Å²) in [4.78, 5) is 0. The largest absolute Gasteiger partial charge is 0.388 e. The van der Waals surface area contributed by atoms with Crippen LogP contribution in [0.2, 0.25) is 5.02 Å². The van der Waals surface area contributed by atoms with E-state index < -0.39 is 6.10 Å². The third-order valence-corrected chi connectivity index (χ3v) is 4.81. The van der Waals surface area contributed by atoms with Crippen molar-refractivity contribution in [2.75, 3.05) is 0 Å². The smallest absolute Gasteiger partial charge is 0.126 e. The lowest BCUT2D eigenvalue weighted by Gasteiger charge is -2.13. The minimum Gasteiger partial charge on any atom is -0.388 e. The lowest BCUT2D eigenvalue weighted by atomic mass is 10.0. The van der Waals surface area contributed by atoms with Crippen molar-refractivity contribution in [1.82, 2.24) is 0 Å². The maximum absolute atomic E-state index is 13.6. The van der Waals surface area contributed by atoms with Crippen LogP contribution in [-0.4, -0.2) is 5.11 Å². The van der Waals surface area contributed by atoms with Crippen molar-refractivity contribution in [3.63, 3.8) is 0 Å². The Hall–Kier alpha value is -0.170. The third-order valence-electron chi connectivity index (χ3n) is 2.75. The second kappa shape index (κ2) is 6.52. The van der Waals surface area contributed by atoms with Gasteiger partial charge < -0.3 is 5.11 Å². The van der Waals surface area contributed by atoms with E-state index in [4.69, 9.17) is 11.6 Å². The Morgan fingerprint density at radius 1 is 1.26 bits per heavy atom. The molecule has 0 aliphatic heterocycles. The molecule has 1 unspecified atom stereocenters. The maximum Gasteiger partial charge on any atom is 0.126 e. The summed E-state index contributed by atoms with van der Waals surface area (Å²) in [5.74, 6) is -0.321. The fraction of sp³-hybridized carbons (Fsp3) is 0.143. The number of halogens is 4. The number of aliphatic hydroxyl groups is 1. The van der Waals surface area contributed by atoms with E-state index in [1.54, 1.807) is 24.3 Å². The molecular formula is C14H10BrClFIO. The lowest BCUT2D eigenvalue weighted by Crippen LogP contribution is -2.04. The Labute approximate surface area is 138 Å². The van der Waals surface area contributed by atoms with Gasteiger partial charge in [-0.1, -0.05) is 33.6 Å². The number of aliphatic hydroxyl groups excluding tert-OH is 1. The second-order valence-electron chi connectivity index (χ2n) is 4.13. The van der Waals surface area contributed by atoms with Crippen molar-refractivity contribution in [3.05, 3.63) is 66.4 Å². The average molecular weight is 455 g/mol. The number of rotatable bonds is 3. The number of benzene rings is 2. The summed E-state index contributed by atoms with van der Waals surface area (Å²) in [5.41, 5.74) is 1.15. The van der Waals surface area contributed by atoms with Crippen LogP contribution >= 0.6 is 50.1 Å². The molecule has 0 amide bonds. The van der Waals surface area contributed by atoms with Crippen LogP contribution in [0.25, 0.3) is 0 Å². The molecule has 0 saturated heterocycles. The van der Waals surface area contributed by atoms with E-state index in [1.165, 1.54) is 6.07 Å².